The third-order valence-electron chi connectivity index (χ3n) is 6.31. The van der Waals surface area contributed by atoms with E-state index >= 15 is 0 Å². The Labute approximate surface area is 187 Å². The molecule has 31 heavy (non-hydrogen) atoms. The van der Waals surface area contributed by atoms with Crippen molar-refractivity contribution in [3.63, 3.8) is 0 Å². The Bertz CT molecular complexity index is 673. The second-order valence-corrected chi connectivity index (χ2v) is 9.05. The van der Waals surface area contributed by atoms with Crippen molar-refractivity contribution >= 4 is 0 Å². The quantitative estimate of drug-likeness (QED) is 0.312. The lowest BCUT2D eigenvalue weighted by Gasteiger charge is -2.27. The first kappa shape index (κ1) is 25.5. The lowest BCUT2D eigenvalue weighted by molar-refractivity contribution is 0.161. The summed E-state index contributed by atoms with van der Waals surface area (Å²) < 4.78 is 0. The van der Waals surface area contributed by atoms with Gasteiger partial charge in [-0.05, 0) is 47.9 Å². The summed E-state index contributed by atoms with van der Waals surface area (Å²) in [6.07, 6.45) is 5.78. The zero-order valence-corrected chi connectivity index (χ0v) is 19.1. The van der Waals surface area contributed by atoms with Crippen molar-refractivity contribution in [1.29, 1.82) is 0 Å². The molecule has 4 N–H and O–H groups in total. The van der Waals surface area contributed by atoms with E-state index in [4.69, 9.17) is 10.2 Å². The number of aliphatic hydroxyl groups is 4. The Kier molecular flexibility index (Phi) is 10.7. The molecule has 0 aliphatic heterocycles. The summed E-state index contributed by atoms with van der Waals surface area (Å²) in [5.74, 6) is 0. The van der Waals surface area contributed by atoms with Gasteiger partial charge in [-0.2, -0.15) is 0 Å². The van der Waals surface area contributed by atoms with E-state index in [0.29, 0.717) is 12.8 Å². The molecule has 2 atom stereocenters. The Morgan fingerprint density at radius 2 is 0.935 bits per heavy atom. The number of hydrogen-bond donors (Lipinski definition) is 4. The summed E-state index contributed by atoms with van der Waals surface area (Å²) in [7, 11) is 0. The largest absolute Gasteiger partial charge is 0.396 e. The smallest absolute Gasteiger partial charge is 0.0790 e. The van der Waals surface area contributed by atoms with Gasteiger partial charge in [0, 0.05) is 18.6 Å². The van der Waals surface area contributed by atoms with Gasteiger partial charge in [0.1, 0.15) is 0 Å². The van der Waals surface area contributed by atoms with Crippen LogP contribution in [-0.4, -0.2) is 33.6 Å². The molecule has 0 amide bonds. The Balaban J connectivity index is 1.99. The molecule has 2 rings (SSSR count). The second kappa shape index (κ2) is 13.0. The summed E-state index contributed by atoms with van der Waals surface area (Å²) in [6.45, 7) is 4.80. The molecule has 2 aromatic carbocycles. The zero-order chi connectivity index (χ0) is 22.7. The highest BCUT2D eigenvalue weighted by atomic mass is 16.3. The molecular weight excluding hydrogens is 388 g/mol. The SMILES string of the molecule is CC(C)(c1ccc(C(O)CCCCCO)cc1)c1ccc(C(O)CCCCCO)cc1. The molecule has 0 bridgehead atoms. The topological polar surface area (TPSA) is 80.9 Å². The summed E-state index contributed by atoms with van der Waals surface area (Å²) in [5.41, 5.74) is 4.04. The summed E-state index contributed by atoms with van der Waals surface area (Å²) in [4.78, 5) is 0. The Morgan fingerprint density at radius 1 is 0.581 bits per heavy atom. The number of benzene rings is 2. The molecule has 0 aliphatic rings. The first-order valence-electron chi connectivity index (χ1n) is 11.7. The van der Waals surface area contributed by atoms with Crippen LogP contribution in [0.3, 0.4) is 0 Å². The molecule has 0 aromatic heterocycles. The molecule has 0 saturated heterocycles. The van der Waals surface area contributed by atoms with E-state index < -0.39 is 12.2 Å². The van der Waals surface area contributed by atoms with E-state index in [-0.39, 0.29) is 18.6 Å². The fourth-order valence-electron chi connectivity index (χ4n) is 4.00. The zero-order valence-electron chi connectivity index (χ0n) is 19.1. The van der Waals surface area contributed by atoms with Gasteiger partial charge in [-0.1, -0.05) is 88.1 Å². The average molecular weight is 429 g/mol. The monoisotopic (exact) mass is 428 g/mol. The minimum atomic E-state index is -0.464. The highest BCUT2D eigenvalue weighted by molar-refractivity contribution is 5.40. The molecule has 0 radical (unpaired) electrons. The van der Waals surface area contributed by atoms with Crippen LogP contribution in [0.1, 0.15) is 99.7 Å². The van der Waals surface area contributed by atoms with E-state index in [2.05, 4.69) is 38.1 Å². The van der Waals surface area contributed by atoms with Gasteiger partial charge in [-0.3, -0.25) is 0 Å². The fraction of sp³-hybridized carbons (Fsp3) is 0.556. The standard InChI is InChI=1S/C27H40O4/c1-27(2,23-15-11-21(12-16-23)25(30)9-5-3-7-19-28)24-17-13-22(14-18-24)26(31)10-6-4-8-20-29/h11-18,25-26,28-31H,3-10,19-20H2,1-2H3. The van der Waals surface area contributed by atoms with Gasteiger partial charge in [-0.25, -0.2) is 0 Å². The van der Waals surface area contributed by atoms with Gasteiger partial charge < -0.3 is 20.4 Å². The van der Waals surface area contributed by atoms with Gasteiger partial charge >= 0.3 is 0 Å². The maximum atomic E-state index is 10.4. The normalized spacial score (nSPS) is 13.9. The van der Waals surface area contributed by atoms with Crippen LogP contribution >= 0.6 is 0 Å². The van der Waals surface area contributed by atoms with Crippen molar-refractivity contribution < 1.29 is 20.4 Å². The predicted octanol–water partition coefficient (Wildman–Crippen LogP) is 5.18. The third kappa shape index (κ3) is 7.73. The van der Waals surface area contributed by atoms with E-state index in [1.54, 1.807) is 0 Å². The van der Waals surface area contributed by atoms with Gasteiger partial charge in [-0.15, -0.1) is 0 Å². The molecule has 0 heterocycles. The molecule has 2 unspecified atom stereocenters. The number of hydrogen-bond acceptors (Lipinski definition) is 4. The third-order valence-corrected chi connectivity index (χ3v) is 6.31. The van der Waals surface area contributed by atoms with Gasteiger partial charge in [0.15, 0.2) is 0 Å². The van der Waals surface area contributed by atoms with E-state index in [0.717, 1.165) is 49.7 Å². The molecule has 172 valence electrons. The molecule has 4 heteroatoms. The number of rotatable bonds is 14. The van der Waals surface area contributed by atoms with Crippen LogP contribution < -0.4 is 0 Å². The predicted molar refractivity (Wildman–Crippen MR) is 126 cm³/mol. The van der Waals surface area contributed by atoms with Crippen molar-refractivity contribution in [2.45, 2.75) is 82.8 Å². The molecule has 0 fully saturated rings. The fourth-order valence-corrected chi connectivity index (χ4v) is 4.00. The first-order valence-corrected chi connectivity index (χ1v) is 11.7. The van der Waals surface area contributed by atoms with Crippen molar-refractivity contribution in [3.8, 4) is 0 Å². The first-order chi connectivity index (χ1) is 14.9. The van der Waals surface area contributed by atoms with Crippen LogP contribution in [0.15, 0.2) is 48.5 Å². The Morgan fingerprint density at radius 3 is 1.26 bits per heavy atom. The molecule has 4 nitrogen and oxygen atoms in total. The highest BCUT2D eigenvalue weighted by Gasteiger charge is 2.23. The minimum absolute atomic E-state index is 0.185. The van der Waals surface area contributed by atoms with Crippen LogP contribution in [0.2, 0.25) is 0 Å². The number of aliphatic hydroxyl groups excluding tert-OH is 4. The van der Waals surface area contributed by atoms with Crippen molar-refractivity contribution in [1.82, 2.24) is 0 Å². The number of unbranched alkanes of at least 4 members (excludes halogenated alkanes) is 4. The molecular formula is C27H40O4. The van der Waals surface area contributed by atoms with Crippen molar-refractivity contribution in [3.05, 3.63) is 70.8 Å². The minimum Gasteiger partial charge on any atom is -0.396 e. The van der Waals surface area contributed by atoms with Crippen molar-refractivity contribution in [2.24, 2.45) is 0 Å². The van der Waals surface area contributed by atoms with E-state index in [1.165, 1.54) is 11.1 Å². The van der Waals surface area contributed by atoms with Crippen LogP contribution in [0.5, 0.6) is 0 Å². The molecule has 0 spiro atoms. The van der Waals surface area contributed by atoms with Crippen LogP contribution in [0.25, 0.3) is 0 Å². The molecule has 0 saturated carbocycles. The van der Waals surface area contributed by atoms with Crippen molar-refractivity contribution in [2.75, 3.05) is 13.2 Å². The van der Waals surface area contributed by atoms with Gasteiger partial charge in [0.05, 0.1) is 12.2 Å². The summed E-state index contributed by atoms with van der Waals surface area (Å²) in [5, 5.41) is 38.5. The maximum absolute atomic E-state index is 10.4. The average Bonchev–Trinajstić information content (AvgIpc) is 2.79. The highest BCUT2D eigenvalue weighted by Crippen LogP contribution is 2.33. The van der Waals surface area contributed by atoms with Crippen LogP contribution in [-0.2, 0) is 5.41 Å². The lowest BCUT2D eigenvalue weighted by Crippen LogP contribution is -2.19. The van der Waals surface area contributed by atoms with Crippen LogP contribution in [0.4, 0.5) is 0 Å². The van der Waals surface area contributed by atoms with E-state index in [1.807, 2.05) is 24.3 Å². The van der Waals surface area contributed by atoms with Crippen LogP contribution in [0, 0.1) is 0 Å². The molecule has 0 aliphatic carbocycles. The van der Waals surface area contributed by atoms with Gasteiger partial charge in [0.2, 0.25) is 0 Å². The van der Waals surface area contributed by atoms with Gasteiger partial charge in [0.25, 0.3) is 0 Å². The summed E-state index contributed by atoms with van der Waals surface area (Å²) in [6, 6.07) is 16.4. The van der Waals surface area contributed by atoms with E-state index in [9.17, 15) is 10.2 Å². The summed E-state index contributed by atoms with van der Waals surface area (Å²) >= 11 is 0. The Hall–Kier alpha value is -1.72. The second-order valence-electron chi connectivity index (χ2n) is 9.05. The molecule has 2 aromatic rings. The maximum Gasteiger partial charge on any atom is 0.0790 e. The lowest BCUT2D eigenvalue weighted by atomic mass is 9.77.